The van der Waals surface area contributed by atoms with Crippen LogP contribution in [0.2, 0.25) is 0 Å². The van der Waals surface area contributed by atoms with Crippen molar-refractivity contribution in [2.75, 3.05) is 26.5 Å². The monoisotopic (exact) mass is 353 g/mol. The predicted octanol–water partition coefficient (Wildman–Crippen LogP) is 2.82. The van der Waals surface area contributed by atoms with Crippen molar-refractivity contribution >= 4 is 5.91 Å². The number of carbonyl (C=O) groups is 1. The van der Waals surface area contributed by atoms with Crippen LogP contribution in [0.1, 0.15) is 17.5 Å². The molecule has 0 bridgehead atoms. The van der Waals surface area contributed by atoms with Crippen LogP contribution < -0.4 is 9.47 Å². The van der Waals surface area contributed by atoms with Crippen molar-refractivity contribution in [3.8, 4) is 11.5 Å². The average molecular weight is 353 g/mol. The molecule has 5 heteroatoms. The number of ether oxygens (including phenoxy) is 3. The van der Waals surface area contributed by atoms with Crippen LogP contribution in [0.25, 0.3) is 0 Å². The minimum absolute atomic E-state index is 0.0700. The number of carbonyl (C=O) groups excluding carboxylic acids is 1. The molecule has 2 heterocycles. The summed E-state index contributed by atoms with van der Waals surface area (Å²) >= 11 is 0. The van der Waals surface area contributed by atoms with Gasteiger partial charge in [-0.05, 0) is 29.7 Å². The Morgan fingerprint density at radius 2 is 1.88 bits per heavy atom. The largest absolute Gasteiger partial charge is 0.454 e. The summed E-state index contributed by atoms with van der Waals surface area (Å²) in [6.07, 6.45) is 2.11. The van der Waals surface area contributed by atoms with E-state index in [4.69, 9.17) is 14.2 Å². The molecule has 5 nitrogen and oxygen atoms in total. The van der Waals surface area contributed by atoms with E-state index in [2.05, 4.69) is 12.1 Å². The number of amides is 1. The molecule has 0 N–H and O–H groups in total. The number of morpholine rings is 1. The van der Waals surface area contributed by atoms with Gasteiger partial charge in [0.2, 0.25) is 12.7 Å². The Labute approximate surface area is 153 Å². The standard InChI is InChI=1S/C21H23NO4/c23-21(9-7-17-6-8-19-20(13-17)26-15-25-19)22-10-11-24-18(14-22)12-16-4-2-1-3-5-16/h1-6,8,13,18H,7,9-12,14-15H2/t18-/m0/s1. The van der Waals surface area contributed by atoms with E-state index in [-0.39, 0.29) is 18.8 Å². The molecule has 2 aliphatic rings. The summed E-state index contributed by atoms with van der Waals surface area (Å²) < 4.78 is 16.6. The molecule has 4 rings (SSSR count). The second-order valence-electron chi connectivity index (χ2n) is 6.71. The van der Waals surface area contributed by atoms with E-state index in [1.807, 2.05) is 41.3 Å². The molecule has 1 atom stereocenters. The van der Waals surface area contributed by atoms with Crippen molar-refractivity contribution in [3.05, 3.63) is 59.7 Å². The lowest BCUT2D eigenvalue weighted by atomic mass is 10.1. The third-order valence-electron chi connectivity index (χ3n) is 4.86. The molecule has 1 fully saturated rings. The molecule has 2 aromatic rings. The van der Waals surface area contributed by atoms with Crippen LogP contribution in [-0.2, 0) is 22.4 Å². The van der Waals surface area contributed by atoms with Gasteiger partial charge in [0.25, 0.3) is 0 Å². The van der Waals surface area contributed by atoms with Gasteiger partial charge in [-0.2, -0.15) is 0 Å². The lowest BCUT2D eigenvalue weighted by Gasteiger charge is -2.33. The van der Waals surface area contributed by atoms with Crippen LogP contribution >= 0.6 is 0 Å². The molecule has 26 heavy (non-hydrogen) atoms. The highest BCUT2D eigenvalue weighted by molar-refractivity contribution is 5.76. The van der Waals surface area contributed by atoms with E-state index in [9.17, 15) is 4.79 Å². The maximum atomic E-state index is 12.6. The van der Waals surface area contributed by atoms with Crippen molar-refractivity contribution < 1.29 is 19.0 Å². The van der Waals surface area contributed by atoms with Gasteiger partial charge in [-0.1, -0.05) is 36.4 Å². The van der Waals surface area contributed by atoms with Gasteiger partial charge in [0.05, 0.1) is 12.7 Å². The summed E-state index contributed by atoms with van der Waals surface area (Å²) in [6.45, 7) is 2.21. The predicted molar refractivity (Wildman–Crippen MR) is 97.4 cm³/mol. The number of benzene rings is 2. The van der Waals surface area contributed by atoms with Gasteiger partial charge in [-0.3, -0.25) is 4.79 Å². The van der Waals surface area contributed by atoms with Gasteiger partial charge in [-0.15, -0.1) is 0 Å². The molecule has 0 unspecified atom stereocenters. The quantitative estimate of drug-likeness (QED) is 0.829. The maximum Gasteiger partial charge on any atom is 0.231 e. The lowest BCUT2D eigenvalue weighted by molar-refractivity contribution is -0.138. The molecule has 0 radical (unpaired) electrons. The van der Waals surface area contributed by atoms with Crippen LogP contribution in [-0.4, -0.2) is 43.4 Å². The zero-order valence-electron chi connectivity index (χ0n) is 14.7. The smallest absolute Gasteiger partial charge is 0.231 e. The van der Waals surface area contributed by atoms with Gasteiger partial charge >= 0.3 is 0 Å². The highest BCUT2D eigenvalue weighted by Crippen LogP contribution is 2.32. The normalized spacial score (nSPS) is 18.8. The minimum Gasteiger partial charge on any atom is -0.454 e. The van der Waals surface area contributed by atoms with E-state index >= 15 is 0 Å². The molecular weight excluding hydrogens is 330 g/mol. The number of hydrogen-bond acceptors (Lipinski definition) is 4. The summed E-state index contributed by atoms with van der Waals surface area (Å²) in [6, 6.07) is 16.2. The Hall–Kier alpha value is -2.53. The van der Waals surface area contributed by atoms with Gasteiger partial charge < -0.3 is 19.1 Å². The number of aryl methyl sites for hydroxylation is 1. The van der Waals surface area contributed by atoms with Crippen molar-refractivity contribution in [2.45, 2.75) is 25.4 Å². The Morgan fingerprint density at radius 1 is 1.04 bits per heavy atom. The third kappa shape index (κ3) is 3.99. The van der Waals surface area contributed by atoms with Gasteiger partial charge in [-0.25, -0.2) is 0 Å². The van der Waals surface area contributed by atoms with Gasteiger partial charge in [0.1, 0.15) is 0 Å². The Kier molecular flexibility index (Phi) is 5.07. The summed E-state index contributed by atoms with van der Waals surface area (Å²) in [5, 5.41) is 0. The zero-order chi connectivity index (χ0) is 17.8. The van der Waals surface area contributed by atoms with Crippen LogP contribution in [0.3, 0.4) is 0 Å². The topological polar surface area (TPSA) is 48.0 Å². The second-order valence-corrected chi connectivity index (χ2v) is 6.71. The van der Waals surface area contributed by atoms with Crippen LogP contribution in [0.4, 0.5) is 0 Å². The fourth-order valence-corrected chi connectivity index (χ4v) is 3.45. The molecular formula is C21H23NO4. The van der Waals surface area contributed by atoms with Crippen molar-refractivity contribution in [2.24, 2.45) is 0 Å². The number of hydrogen-bond donors (Lipinski definition) is 0. The van der Waals surface area contributed by atoms with Crippen molar-refractivity contribution in [1.82, 2.24) is 4.90 Å². The maximum absolute atomic E-state index is 12.6. The summed E-state index contributed by atoms with van der Waals surface area (Å²) in [7, 11) is 0. The Morgan fingerprint density at radius 3 is 2.77 bits per heavy atom. The van der Waals surface area contributed by atoms with E-state index in [1.54, 1.807) is 0 Å². The zero-order valence-corrected chi connectivity index (χ0v) is 14.7. The Balaban J connectivity index is 1.30. The summed E-state index contributed by atoms with van der Waals surface area (Å²) in [4.78, 5) is 14.6. The SMILES string of the molecule is O=C(CCc1ccc2c(c1)OCO2)N1CCO[C@@H](Cc2ccccc2)C1. The van der Waals surface area contributed by atoms with Gasteiger partial charge in [0, 0.05) is 25.9 Å². The third-order valence-corrected chi connectivity index (χ3v) is 4.86. The number of rotatable bonds is 5. The highest BCUT2D eigenvalue weighted by Gasteiger charge is 2.24. The van der Waals surface area contributed by atoms with Crippen LogP contribution in [0.15, 0.2) is 48.5 Å². The van der Waals surface area contributed by atoms with Crippen LogP contribution in [0.5, 0.6) is 11.5 Å². The molecule has 0 aliphatic carbocycles. The second kappa shape index (κ2) is 7.79. The van der Waals surface area contributed by atoms with Crippen molar-refractivity contribution in [1.29, 1.82) is 0 Å². The first-order valence-corrected chi connectivity index (χ1v) is 9.10. The van der Waals surface area contributed by atoms with Gasteiger partial charge in [0.15, 0.2) is 11.5 Å². The van der Waals surface area contributed by atoms with E-state index in [1.165, 1.54) is 5.56 Å². The summed E-state index contributed by atoms with van der Waals surface area (Å²) in [5.41, 5.74) is 2.34. The Bertz CT molecular complexity index is 762. The first-order chi connectivity index (χ1) is 12.8. The fraction of sp³-hybridized carbons (Fsp3) is 0.381. The van der Waals surface area contributed by atoms with Crippen LogP contribution in [0, 0.1) is 0 Å². The first-order valence-electron chi connectivity index (χ1n) is 9.10. The van der Waals surface area contributed by atoms with Crippen molar-refractivity contribution in [3.63, 3.8) is 0 Å². The lowest BCUT2D eigenvalue weighted by Crippen LogP contribution is -2.46. The molecule has 0 aromatic heterocycles. The van der Waals surface area contributed by atoms with E-state index in [0.29, 0.717) is 32.5 Å². The molecule has 2 aromatic carbocycles. The molecule has 2 aliphatic heterocycles. The van der Waals surface area contributed by atoms with E-state index in [0.717, 1.165) is 23.5 Å². The molecule has 1 saturated heterocycles. The number of fused-ring (bicyclic) bond motifs is 1. The summed E-state index contributed by atoms with van der Waals surface area (Å²) in [5.74, 6) is 1.73. The molecule has 0 saturated carbocycles. The molecule has 1 amide bonds. The molecule has 136 valence electrons. The number of nitrogens with zero attached hydrogens (tertiary/aromatic N) is 1. The first kappa shape index (κ1) is 16.9. The van der Waals surface area contributed by atoms with E-state index < -0.39 is 0 Å². The highest BCUT2D eigenvalue weighted by atomic mass is 16.7. The minimum atomic E-state index is 0.0700. The molecule has 0 spiro atoms. The average Bonchev–Trinajstić information content (AvgIpc) is 3.15. The fourth-order valence-electron chi connectivity index (χ4n) is 3.45.